The third-order valence-electron chi connectivity index (χ3n) is 1.71. The standard InChI is InChI=1S/C7H11F3O3/c1-2-3-4-6(13,5(11)12)7(8,9)10/h13H,2-4H2,1H3,(H,11,12)/t6-/m0/s1. The Morgan fingerprint density at radius 2 is 1.85 bits per heavy atom. The number of aliphatic hydroxyl groups is 1. The predicted octanol–water partition coefficient (Wildman–Crippen LogP) is 1.55. The first kappa shape index (κ1) is 12.2. The number of hydrogen-bond acceptors (Lipinski definition) is 2. The lowest BCUT2D eigenvalue weighted by Gasteiger charge is -2.25. The molecule has 0 amide bonds. The summed E-state index contributed by atoms with van der Waals surface area (Å²) in [6, 6.07) is 0. The Morgan fingerprint density at radius 1 is 1.38 bits per heavy atom. The zero-order chi connectivity index (χ0) is 10.7. The SMILES string of the molecule is CCCC[C@](O)(C(=O)O)C(F)(F)F. The topological polar surface area (TPSA) is 57.5 Å². The molecule has 0 aliphatic heterocycles. The minimum absolute atomic E-state index is 0.0162. The van der Waals surface area contributed by atoms with Gasteiger partial charge in [0.1, 0.15) is 0 Å². The summed E-state index contributed by atoms with van der Waals surface area (Å²) < 4.78 is 36.1. The molecule has 0 aromatic carbocycles. The Kier molecular flexibility index (Phi) is 3.71. The van der Waals surface area contributed by atoms with E-state index < -0.39 is 24.2 Å². The molecule has 0 aliphatic rings. The van der Waals surface area contributed by atoms with E-state index in [0.717, 1.165) is 0 Å². The van der Waals surface area contributed by atoms with Gasteiger partial charge in [0.15, 0.2) is 0 Å². The number of hydrogen-bond donors (Lipinski definition) is 2. The van der Waals surface area contributed by atoms with Gasteiger partial charge in [-0.3, -0.25) is 0 Å². The first-order chi connectivity index (χ1) is 5.75. The highest BCUT2D eigenvalue weighted by molar-refractivity contribution is 5.78. The average Bonchev–Trinajstić information content (AvgIpc) is 1.97. The number of carbonyl (C=O) groups is 1. The minimum Gasteiger partial charge on any atom is -0.479 e. The summed E-state index contributed by atoms with van der Waals surface area (Å²) in [6.07, 6.45) is -5.51. The smallest absolute Gasteiger partial charge is 0.428 e. The summed E-state index contributed by atoms with van der Waals surface area (Å²) >= 11 is 0. The van der Waals surface area contributed by atoms with E-state index in [9.17, 15) is 18.0 Å². The summed E-state index contributed by atoms with van der Waals surface area (Å²) in [4.78, 5) is 10.2. The van der Waals surface area contributed by atoms with Crippen molar-refractivity contribution in [3.05, 3.63) is 0 Å². The number of carboxylic acid groups (broad SMARTS) is 1. The summed E-state index contributed by atoms with van der Waals surface area (Å²) in [7, 11) is 0. The van der Waals surface area contributed by atoms with Crippen molar-refractivity contribution < 1.29 is 28.2 Å². The fourth-order valence-electron chi connectivity index (χ4n) is 0.803. The zero-order valence-electron chi connectivity index (χ0n) is 7.06. The van der Waals surface area contributed by atoms with E-state index in [4.69, 9.17) is 10.2 Å². The highest BCUT2D eigenvalue weighted by Crippen LogP contribution is 2.34. The zero-order valence-corrected chi connectivity index (χ0v) is 7.06. The molecule has 0 saturated carbocycles. The van der Waals surface area contributed by atoms with E-state index in [0.29, 0.717) is 6.42 Å². The van der Waals surface area contributed by atoms with E-state index >= 15 is 0 Å². The molecule has 0 spiro atoms. The van der Waals surface area contributed by atoms with Crippen molar-refractivity contribution in [2.45, 2.75) is 38.0 Å². The van der Waals surface area contributed by atoms with Crippen molar-refractivity contribution in [2.24, 2.45) is 0 Å². The lowest BCUT2D eigenvalue weighted by Crippen LogP contribution is -2.51. The first-order valence-corrected chi connectivity index (χ1v) is 3.78. The van der Waals surface area contributed by atoms with Crippen molar-refractivity contribution in [2.75, 3.05) is 0 Å². The molecule has 0 rings (SSSR count). The molecule has 0 aromatic rings. The van der Waals surface area contributed by atoms with Gasteiger partial charge in [0.2, 0.25) is 0 Å². The lowest BCUT2D eigenvalue weighted by atomic mass is 9.96. The molecule has 0 aliphatic carbocycles. The number of rotatable bonds is 4. The third kappa shape index (κ3) is 2.58. The number of alkyl halides is 3. The van der Waals surface area contributed by atoms with Gasteiger partial charge in [-0.05, 0) is 12.8 Å². The van der Waals surface area contributed by atoms with Crippen molar-refractivity contribution in [3.8, 4) is 0 Å². The molecule has 2 N–H and O–H groups in total. The van der Waals surface area contributed by atoms with Crippen LogP contribution in [0.3, 0.4) is 0 Å². The maximum atomic E-state index is 12.0. The largest absolute Gasteiger partial charge is 0.479 e. The van der Waals surface area contributed by atoms with Crippen LogP contribution in [0.15, 0.2) is 0 Å². The van der Waals surface area contributed by atoms with Crippen LogP contribution >= 0.6 is 0 Å². The van der Waals surface area contributed by atoms with Crippen molar-refractivity contribution in [3.63, 3.8) is 0 Å². The van der Waals surface area contributed by atoms with Crippen molar-refractivity contribution in [1.29, 1.82) is 0 Å². The van der Waals surface area contributed by atoms with E-state index in [1.54, 1.807) is 6.92 Å². The molecule has 13 heavy (non-hydrogen) atoms. The molecular formula is C7H11F3O3. The maximum Gasteiger partial charge on any atom is 0.428 e. The second-order valence-corrected chi connectivity index (χ2v) is 2.77. The maximum absolute atomic E-state index is 12.0. The highest BCUT2D eigenvalue weighted by Gasteiger charge is 2.59. The van der Waals surface area contributed by atoms with Gasteiger partial charge in [-0.1, -0.05) is 13.3 Å². The first-order valence-electron chi connectivity index (χ1n) is 3.78. The lowest BCUT2D eigenvalue weighted by molar-refractivity contribution is -0.262. The quantitative estimate of drug-likeness (QED) is 0.723. The Balaban J connectivity index is 4.64. The second kappa shape index (κ2) is 3.95. The van der Waals surface area contributed by atoms with E-state index in [2.05, 4.69) is 0 Å². The number of aliphatic carboxylic acids is 1. The Bertz CT molecular complexity index is 190. The normalized spacial score (nSPS) is 16.7. The van der Waals surface area contributed by atoms with Crippen molar-refractivity contribution >= 4 is 5.97 Å². The summed E-state index contributed by atoms with van der Waals surface area (Å²) in [6.45, 7) is 1.61. The minimum atomic E-state index is -5.12. The molecule has 6 heteroatoms. The molecule has 0 radical (unpaired) electrons. The van der Waals surface area contributed by atoms with E-state index in [1.807, 2.05) is 0 Å². The Morgan fingerprint density at radius 3 is 2.08 bits per heavy atom. The molecule has 78 valence electrons. The van der Waals surface area contributed by atoms with Gasteiger partial charge >= 0.3 is 12.1 Å². The molecule has 0 fully saturated rings. The fraction of sp³-hybridized carbons (Fsp3) is 0.857. The van der Waals surface area contributed by atoms with E-state index in [1.165, 1.54) is 0 Å². The van der Waals surface area contributed by atoms with Gasteiger partial charge < -0.3 is 10.2 Å². The molecule has 0 heterocycles. The van der Waals surface area contributed by atoms with Crippen LogP contribution in [0.5, 0.6) is 0 Å². The number of unbranched alkanes of at least 4 members (excludes halogenated alkanes) is 1. The number of carboxylic acids is 1. The summed E-state index contributed by atoms with van der Waals surface area (Å²) in [5.41, 5.74) is -3.59. The second-order valence-electron chi connectivity index (χ2n) is 2.77. The van der Waals surface area contributed by atoms with Crippen LogP contribution in [0.1, 0.15) is 26.2 Å². The van der Waals surface area contributed by atoms with Gasteiger partial charge in [0, 0.05) is 0 Å². The van der Waals surface area contributed by atoms with E-state index in [-0.39, 0.29) is 6.42 Å². The van der Waals surface area contributed by atoms with Gasteiger partial charge in [-0.2, -0.15) is 13.2 Å². The van der Waals surface area contributed by atoms with Gasteiger partial charge in [-0.25, -0.2) is 4.79 Å². The predicted molar refractivity (Wildman–Crippen MR) is 38.2 cm³/mol. The summed E-state index contributed by atoms with van der Waals surface area (Å²) in [5, 5.41) is 17.1. The van der Waals surface area contributed by atoms with Crippen LogP contribution in [-0.4, -0.2) is 28.0 Å². The molecule has 0 saturated heterocycles. The molecule has 1 atom stereocenters. The van der Waals surface area contributed by atoms with Gasteiger partial charge in [0.25, 0.3) is 5.60 Å². The number of halogens is 3. The molecular weight excluding hydrogens is 189 g/mol. The van der Waals surface area contributed by atoms with Gasteiger partial charge in [0.05, 0.1) is 0 Å². The Hall–Kier alpha value is -0.780. The van der Waals surface area contributed by atoms with Crippen LogP contribution in [0, 0.1) is 0 Å². The van der Waals surface area contributed by atoms with Crippen LogP contribution < -0.4 is 0 Å². The monoisotopic (exact) mass is 200 g/mol. The van der Waals surface area contributed by atoms with Crippen LogP contribution in [-0.2, 0) is 4.79 Å². The Labute approximate surface area is 73.2 Å². The van der Waals surface area contributed by atoms with Crippen LogP contribution in [0.2, 0.25) is 0 Å². The third-order valence-corrected chi connectivity index (χ3v) is 1.71. The molecule has 0 unspecified atom stereocenters. The summed E-state index contributed by atoms with van der Waals surface area (Å²) in [5.74, 6) is -2.24. The van der Waals surface area contributed by atoms with Gasteiger partial charge in [-0.15, -0.1) is 0 Å². The van der Waals surface area contributed by atoms with Crippen molar-refractivity contribution in [1.82, 2.24) is 0 Å². The molecule has 0 bridgehead atoms. The molecule has 0 aromatic heterocycles. The van der Waals surface area contributed by atoms with Crippen LogP contribution in [0.4, 0.5) is 13.2 Å². The van der Waals surface area contributed by atoms with Crippen LogP contribution in [0.25, 0.3) is 0 Å². The molecule has 3 nitrogen and oxygen atoms in total. The fourth-order valence-corrected chi connectivity index (χ4v) is 0.803. The average molecular weight is 200 g/mol. The highest BCUT2D eigenvalue weighted by atomic mass is 19.4.